The van der Waals surface area contributed by atoms with Crippen LogP contribution < -0.4 is 0 Å². The van der Waals surface area contributed by atoms with Crippen LogP contribution in [0.2, 0.25) is 0 Å². The first-order valence-electron chi connectivity index (χ1n) is 5.71. The molecule has 1 aromatic carbocycles. The Bertz CT molecular complexity index is 622. The van der Waals surface area contributed by atoms with Crippen LogP contribution in [0, 0.1) is 11.6 Å². The highest BCUT2D eigenvalue weighted by molar-refractivity contribution is 5.95. The summed E-state index contributed by atoms with van der Waals surface area (Å²) in [7, 11) is 0. The van der Waals surface area contributed by atoms with Crippen LogP contribution in [0.25, 0.3) is 11.3 Å². The quantitative estimate of drug-likeness (QED) is 0.923. The molecule has 0 saturated heterocycles. The van der Waals surface area contributed by atoms with Gasteiger partial charge in [-0.2, -0.15) is 0 Å². The summed E-state index contributed by atoms with van der Waals surface area (Å²) in [5.74, 6) is -2.54. The Morgan fingerprint density at radius 3 is 2.79 bits per heavy atom. The van der Waals surface area contributed by atoms with E-state index in [1.54, 1.807) is 0 Å². The summed E-state index contributed by atoms with van der Waals surface area (Å²) in [5, 5.41) is 12.7. The van der Waals surface area contributed by atoms with E-state index in [2.05, 4.69) is 5.16 Å². The minimum Gasteiger partial charge on any atom is -0.477 e. The van der Waals surface area contributed by atoms with Gasteiger partial charge in [-0.15, -0.1) is 0 Å². The largest absolute Gasteiger partial charge is 0.477 e. The fourth-order valence-electron chi connectivity index (χ4n) is 1.81. The highest BCUT2D eigenvalue weighted by Gasteiger charge is 2.25. The van der Waals surface area contributed by atoms with Crippen LogP contribution in [0.3, 0.4) is 0 Å². The molecule has 0 unspecified atom stereocenters. The number of carboxylic acid groups (broad SMARTS) is 1. The van der Waals surface area contributed by atoms with Gasteiger partial charge in [0.05, 0.1) is 0 Å². The fraction of sp³-hybridized carbons (Fsp3) is 0.231. The predicted octanol–water partition coefficient (Wildman–Crippen LogP) is 3.27. The Kier molecular flexibility index (Phi) is 3.59. The minimum atomic E-state index is -1.27. The van der Waals surface area contributed by atoms with Gasteiger partial charge in [0.25, 0.3) is 0 Å². The maximum absolute atomic E-state index is 13.7. The van der Waals surface area contributed by atoms with Crippen molar-refractivity contribution in [3.63, 3.8) is 0 Å². The molecule has 0 radical (unpaired) electrons. The van der Waals surface area contributed by atoms with Crippen molar-refractivity contribution in [3.8, 4) is 11.3 Å². The van der Waals surface area contributed by atoms with Crippen molar-refractivity contribution in [2.45, 2.75) is 19.8 Å². The summed E-state index contributed by atoms with van der Waals surface area (Å²) in [6, 6.07) is 2.77. The Balaban J connectivity index is 2.62. The van der Waals surface area contributed by atoms with Crippen LogP contribution in [-0.4, -0.2) is 16.2 Å². The van der Waals surface area contributed by atoms with Gasteiger partial charge in [0.15, 0.2) is 5.76 Å². The van der Waals surface area contributed by atoms with Crippen LogP contribution in [0.4, 0.5) is 8.78 Å². The number of benzene rings is 1. The van der Waals surface area contributed by atoms with E-state index in [1.165, 1.54) is 0 Å². The molecule has 6 heteroatoms. The number of carbonyl (C=O) groups is 1. The number of hydrogen-bond donors (Lipinski definition) is 1. The summed E-state index contributed by atoms with van der Waals surface area (Å²) >= 11 is 0. The van der Waals surface area contributed by atoms with Crippen LogP contribution in [0.1, 0.15) is 29.5 Å². The second-order valence-electron chi connectivity index (χ2n) is 4.01. The minimum absolute atomic E-state index is 0.161. The molecular formula is C13H11F2NO3. The van der Waals surface area contributed by atoms with Gasteiger partial charge in [0, 0.05) is 12.0 Å². The molecule has 0 bridgehead atoms. The Morgan fingerprint density at radius 2 is 2.16 bits per heavy atom. The maximum Gasteiger partial charge on any atom is 0.341 e. The zero-order valence-electron chi connectivity index (χ0n) is 10.1. The number of carboxylic acids is 1. The van der Waals surface area contributed by atoms with Gasteiger partial charge >= 0.3 is 5.97 Å². The molecule has 0 atom stereocenters. The second kappa shape index (κ2) is 5.17. The smallest absolute Gasteiger partial charge is 0.341 e. The van der Waals surface area contributed by atoms with E-state index in [-0.39, 0.29) is 22.6 Å². The predicted molar refractivity (Wildman–Crippen MR) is 62.8 cm³/mol. The summed E-state index contributed by atoms with van der Waals surface area (Å²) in [6.07, 6.45) is 1.02. The lowest BCUT2D eigenvalue weighted by Crippen LogP contribution is -2.02. The molecule has 19 heavy (non-hydrogen) atoms. The number of hydrogen-bond acceptors (Lipinski definition) is 3. The van der Waals surface area contributed by atoms with Crippen molar-refractivity contribution in [2.75, 3.05) is 0 Å². The van der Waals surface area contributed by atoms with E-state index in [0.717, 1.165) is 18.2 Å². The molecule has 0 aliphatic rings. The van der Waals surface area contributed by atoms with Crippen LogP contribution in [0.5, 0.6) is 0 Å². The number of halogens is 2. The first-order valence-corrected chi connectivity index (χ1v) is 5.71. The lowest BCUT2D eigenvalue weighted by atomic mass is 10.0. The van der Waals surface area contributed by atoms with E-state index in [0.29, 0.717) is 12.8 Å². The van der Waals surface area contributed by atoms with Crippen LogP contribution in [0.15, 0.2) is 22.7 Å². The van der Waals surface area contributed by atoms with Crippen LogP contribution >= 0.6 is 0 Å². The molecule has 1 heterocycles. The number of rotatable bonds is 4. The molecule has 1 N–H and O–H groups in total. The Labute approximate surface area is 107 Å². The molecule has 2 rings (SSSR count). The van der Waals surface area contributed by atoms with Crippen molar-refractivity contribution < 1.29 is 23.2 Å². The second-order valence-corrected chi connectivity index (χ2v) is 4.01. The fourth-order valence-corrected chi connectivity index (χ4v) is 1.81. The zero-order valence-corrected chi connectivity index (χ0v) is 10.1. The van der Waals surface area contributed by atoms with Gasteiger partial charge in [-0.05, 0) is 24.6 Å². The van der Waals surface area contributed by atoms with E-state index in [9.17, 15) is 13.6 Å². The van der Waals surface area contributed by atoms with E-state index < -0.39 is 17.6 Å². The topological polar surface area (TPSA) is 63.3 Å². The van der Waals surface area contributed by atoms with Gasteiger partial charge in [0.1, 0.15) is 22.9 Å². The molecule has 4 nitrogen and oxygen atoms in total. The maximum atomic E-state index is 13.7. The zero-order chi connectivity index (χ0) is 14.0. The lowest BCUT2D eigenvalue weighted by molar-refractivity contribution is 0.0695. The number of aryl methyl sites for hydroxylation is 1. The first-order chi connectivity index (χ1) is 9.04. The van der Waals surface area contributed by atoms with Gasteiger partial charge < -0.3 is 9.63 Å². The average Bonchev–Trinajstić information content (AvgIpc) is 2.76. The van der Waals surface area contributed by atoms with Crippen LogP contribution in [-0.2, 0) is 6.42 Å². The molecular weight excluding hydrogens is 256 g/mol. The van der Waals surface area contributed by atoms with Gasteiger partial charge in [-0.3, -0.25) is 0 Å². The monoisotopic (exact) mass is 267 g/mol. The molecule has 0 saturated carbocycles. The normalized spacial score (nSPS) is 10.7. The summed E-state index contributed by atoms with van der Waals surface area (Å²) in [5.41, 5.74) is -0.622. The lowest BCUT2D eigenvalue weighted by Gasteiger charge is -2.01. The van der Waals surface area contributed by atoms with Crippen molar-refractivity contribution >= 4 is 5.97 Å². The molecule has 1 aromatic heterocycles. The molecule has 0 aliphatic heterocycles. The van der Waals surface area contributed by atoms with Gasteiger partial charge in [-0.25, -0.2) is 13.6 Å². The third-order valence-electron chi connectivity index (χ3n) is 2.64. The van der Waals surface area contributed by atoms with Crippen molar-refractivity contribution in [1.29, 1.82) is 0 Å². The SMILES string of the molecule is CCCc1onc(-c2cc(F)ccc2F)c1C(=O)O. The van der Waals surface area contributed by atoms with Crippen molar-refractivity contribution in [2.24, 2.45) is 0 Å². The Morgan fingerprint density at radius 1 is 1.42 bits per heavy atom. The van der Waals surface area contributed by atoms with Gasteiger partial charge in [-0.1, -0.05) is 12.1 Å². The average molecular weight is 267 g/mol. The summed E-state index contributed by atoms with van der Waals surface area (Å²) in [6.45, 7) is 1.84. The van der Waals surface area contributed by atoms with E-state index in [1.807, 2.05) is 6.92 Å². The third-order valence-corrected chi connectivity index (χ3v) is 2.64. The Hall–Kier alpha value is -2.24. The highest BCUT2D eigenvalue weighted by atomic mass is 19.1. The van der Waals surface area contributed by atoms with Gasteiger partial charge in [0.2, 0.25) is 0 Å². The highest BCUT2D eigenvalue weighted by Crippen LogP contribution is 2.29. The number of nitrogens with zero attached hydrogens (tertiary/aromatic N) is 1. The standard InChI is InChI=1S/C13H11F2NO3/c1-2-3-10-11(13(17)18)12(16-19-10)8-6-7(14)4-5-9(8)15/h4-6H,2-3H2,1H3,(H,17,18). The first kappa shape index (κ1) is 13.2. The molecule has 2 aromatic rings. The number of aromatic nitrogens is 1. The molecule has 0 spiro atoms. The summed E-state index contributed by atoms with van der Waals surface area (Å²) in [4.78, 5) is 11.2. The molecule has 0 fully saturated rings. The van der Waals surface area contributed by atoms with E-state index >= 15 is 0 Å². The number of aromatic carboxylic acids is 1. The molecule has 100 valence electrons. The molecule has 0 aliphatic carbocycles. The third kappa shape index (κ3) is 2.47. The van der Waals surface area contributed by atoms with Crippen molar-refractivity contribution in [3.05, 3.63) is 41.2 Å². The van der Waals surface area contributed by atoms with E-state index in [4.69, 9.17) is 9.63 Å². The molecule has 0 amide bonds. The van der Waals surface area contributed by atoms with Crippen molar-refractivity contribution in [1.82, 2.24) is 5.16 Å². The summed E-state index contributed by atoms with van der Waals surface area (Å²) < 4.78 is 31.7.